The summed E-state index contributed by atoms with van der Waals surface area (Å²) in [5.41, 5.74) is 5.06. The third-order valence-electron chi connectivity index (χ3n) is 4.99. The summed E-state index contributed by atoms with van der Waals surface area (Å²) in [6.45, 7) is 3.44. The van der Waals surface area contributed by atoms with E-state index in [-0.39, 0.29) is 10.6 Å². The van der Waals surface area contributed by atoms with Crippen LogP contribution in [0.1, 0.15) is 25.3 Å². The van der Waals surface area contributed by atoms with E-state index in [9.17, 15) is 13.5 Å². The van der Waals surface area contributed by atoms with Gasteiger partial charge in [0.25, 0.3) is 0 Å². The topological polar surface area (TPSA) is 104 Å². The molecule has 8 nitrogen and oxygen atoms in total. The average molecular weight is 473 g/mol. The van der Waals surface area contributed by atoms with Gasteiger partial charge in [0, 0.05) is 24.0 Å². The highest BCUT2D eigenvalue weighted by molar-refractivity contribution is 7.89. The number of anilines is 1. The maximum atomic E-state index is 12.8. The average Bonchev–Trinajstić information content (AvgIpc) is 3.49. The molecule has 1 fully saturated rings. The van der Waals surface area contributed by atoms with Gasteiger partial charge in [-0.1, -0.05) is 12.1 Å². The first-order valence-electron chi connectivity index (χ1n) is 10.3. The van der Waals surface area contributed by atoms with Gasteiger partial charge in [-0.05, 0) is 55.7 Å². The number of aromatic nitrogens is 1. The third-order valence-corrected chi connectivity index (χ3v) is 7.64. The number of rotatable bonds is 8. The number of nitrogens with zero attached hydrogens (tertiary/aromatic N) is 3. The third kappa shape index (κ3) is 4.93. The van der Waals surface area contributed by atoms with Gasteiger partial charge in [-0.25, -0.2) is 13.4 Å². The standard InChI is InChI=1S/C22H24N4O4S2/c1-2-30-21-12-16(8-9-20(21)27)14-23-25-22-24-19(15-31-22)17-6-5-7-18(13-17)32(28,29)26-10-3-4-11-26/h5-9,12-15,27H,2-4,10-11H2,1H3,(H,24,25)/b23-14+. The van der Waals surface area contributed by atoms with Crippen molar-refractivity contribution in [2.75, 3.05) is 25.1 Å². The van der Waals surface area contributed by atoms with E-state index < -0.39 is 10.0 Å². The second-order valence-electron chi connectivity index (χ2n) is 7.21. The Kier molecular flexibility index (Phi) is 6.73. The molecule has 0 radical (unpaired) electrons. The number of ether oxygens (including phenoxy) is 1. The van der Waals surface area contributed by atoms with Gasteiger partial charge < -0.3 is 9.84 Å². The Bertz CT molecular complexity index is 1220. The predicted molar refractivity (Wildman–Crippen MR) is 126 cm³/mol. The van der Waals surface area contributed by atoms with Crippen LogP contribution in [0.25, 0.3) is 11.3 Å². The van der Waals surface area contributed by atoms with Gasteiger partial charge >= 0.3 is 0 Å². The fraction of sp³-hybridized carbons (Fsp3) is 0.273. The number of sulfonamides is 1. The molecule has 3 aromatic rings. The Hall–Kier alpha value is -2.95. The zero-order valence-electron chi connectivity index (χ0n) is 17.6. The van der Waals surface area contributed by atoms with Gasteiger partial charge in [0.15, 0.2) is 11.5 Å². The highest BCUT2D eigenvalue weighted by Crippen LogP contribution is 2.29. The Morgan fingerprint density at radius 3 is 2.84 bits per heavy atom. The normalized spacial score (nSPS) is 14.8. The number of benzene rings is 2. The van der Waals surface area contributed by atoms with Crippen LogP contribution in [0.2, 0.25) is 0 Å². The summed E-state index contributed by atoms with van der Waals surface area (Å²) in [4.78, 5) is 4.80. The SMILES string of the molecule is CCOc1cc(/C=N/Nc2nc(-c3cccc(S(=O)(=O)N4CCCC4)c3)cs2)ccc1O. The number of hydrazone groups is 1. The second kappa shape index (κ2) is 9.68. The minimum Gasteiger partial charge on any atom is -0.504 e. The van der Waals surface area contributed by atoms with Crippen molar-refractivity contribution in [3.63, 3.8) is 0 Å². The largest absolute Gasteiger partial charge is 0.504 e. The van der Waals surface area contributed by atoms with Crippen molar-refractivity contribution in [2.24, 2.45) is 5.10 Å². The molecule has 0 atom stereocenters. The summed E-state index contributed by atoms with van der Waals surface area (Å²) in [5, 5.41) is 16.4. The Morgan fingerprint density at radius 2 is 2.06 bits per heavy atom. The lowest BCUT2D eigenvalue weighted by Crippen LogP contribution is -2.27. The van der Waals surface area contributed by atoms with Crippen LogP contribution < -0.4 is 10.2 Å². The zero-order valence-corrected chi connectivity index (χ0v) is 19.2. The summed E-state index contributed by atoms with van der Waals surface area (Å²) in [6, 6.07) is 11.9. The molecule has 1 aliphatic heterocycles. The van der Waals surface area contributed by atoms with E-state index in [4.69, 9.17) is 4.74 Å². The fourth-order valence-corrected chi connectivity index (χ4v) is 5.63. The molecule has 1 aromatic heterocycles. The van der Waals surface area contributed by atoms with Crippen LogP contribution in [0.15, 0.2) is 57.8 Å². The van der Waals surface area contributed by atoms with Crippen LogP contribution in [0, 0.1) is 0 Å². The minimum atomic E-state index is -3.48. The molecule has 1 aliphatic rings. The Labute approximate surface area is 191 Å². The van der Waals surface area contributed by atoms with Crippen molar-refractivity contribution < 1.29 is 18.3 Å². The van der Waals surface area contributed by atoms with Crippen molar-refractivity contribution in [3.8, 4) is 22.8 Å². The van der Waals surface area contributed by atoms with Crippen molar-refractivity contribution in [1.29, 1.82) is 0 Å². The molecular formula is C22H24N4O4S2. The van der Waals surface area contributed by atoms with Crippen LogP contribution in [0.4, 0.5) is 5.13 Å². The molecule has 2 aromatic carbocycles. The van der Waals surface area contributed by atoms with Crippen molar-refractivity contribution in [1.82, 2.24) is 9.29 Å². The fourth-order valence-electron chi connectivity index (χ4n) is 3.40. The van der Waals surface area contributed by atoms with Gasteiger partial charge in [0.1, 0.15) is 0 Å². The molecule has 10 heteroatoms. The zero-order chi connectivity index (χ0) is 22.6. The maximum absolute atomic E-state index is 12.8. The van der Waals surface area contributed by atoms with E-state index in [0.717, 1.165) is 24.0 Å². The molecule has 4 rings (SSSR count). The molecule has 0 bridgehead atoms. The molecular weight excluding hydrogens is 448 g/mol. The molecule has 0 aliphatic carbocycles. The molecule has 0 unspecified atom stereocenters. The molecule has 32 heavy (non-hydrogen) atoms. The number of hydrogen-bond acceptors (Lipinski definition) is 8. The van der Waals surface area contributed by atoms with Crippen LogP contribution in [0.3, 0.4) is 0 Å². The van der Waals surface area contributed by atoms with Crippen molar-refractivity contribution in [3.05, 3.63) is 53.4 Å². The lowest BCUT2D eigenvalue weighted by atomic mass is 10.2. The lowest BCUT2D eigenvalue weighted by Gasteiger charge is -2.15. The molecule has 168 valence electrons. The summed E-state index contributed by atoms with van der Waals surface area (Å²) in [7, 11) is -3.48. The highest BCUT2D eigenvalue weighted by atomic mass is 32.2. The summed E-state index contributed by atoms with van der Waals surface area (Å²) >= 11 is 1.37. The van der Waals surface area contributed by atoms with E-state index >= 15 is 0 Å². The lowest BCUT2D eigenvalue weighted by molar-refractivity contribution is 0.318. The molecule has 0 spiro atoms. The number of nitrogens with one attached hydrogen (secondary N) is 1. The Balaban J connectivity index is 1.46. The molecule has 0 saturated carbocycles. The first-order chi connectivity index (χ1) is 15.5. The van der Waals surface area contributed by atoms with Crippen LogP contribution in [-0.4, -0.2) is 48.7 Å². The van der Waals surface area contributed by atoms with Gasteiger partial charge in [0.05, 0.1) is 23.4 Å². The van der Waals surface area contributed by atoms with E-state index in [0.29, 0.717) is 36.3 Å². The second-order valence-corrected chi connectivity index (χ2v) is 10.0. The first kappa shape index (κ1) is 22.3. The minimum absolute atomic E-state index is 0.0792. The summed E-state index contributed by atoms with van der Waals surface area (Å²) < 4.78 is 32.6. The number of phenolic OH excluding ortho intramolecular Hbond substituents is 1. The van der Waals surface area contributed by atoms with Gasteiger partial charge in [-0.2, -0.15) is 9.41 Å². The Morgan fingerprint density at radius 1 is 1.25 bits per heavy atom. The monoisotopic (exact) mass is 472 g/mol. The van der Waals surface area contributed by atoms with E-state index in [1.807, 2.05) is 18.4 Å². The smallest absolute Gasteiger partial charge is 0.243 e. The van der Waals surface area contributed by atoms with Gasteiger partial charge in [-0.3, -0.25) is 5.43 Å². The molecule has 2 heterocycles. The van der Waals surface area contributed by atoms with Gasteiger partial charge in [0.2, 0.25) is 15.2 Å². The quantitative estimate of drug-likeness (QED) is 0.377. The first-order valence-corrected chi connectivity index (χ1v) is 12.6. The van der Waals surface area contributed by atoms with Crippen molar-refractivity contribution in [2.45, 2.75) is 24.7 Å². The number of hydrogen-bond donors (Lipinski definition) is 2. The number of thiazole rings is 1. The summed E-state index contributed by atoms with van der Waals surface area (Å²) in [5.74, 6) is 0.479. The molecule has 1 saturated heterocycles. The van der Waals surface area contributed by atoms with E-state index in [1.54, 1.807) is 42.6 Å². The van der Waals surface area contributed by atoms with E-state index in [1.165, 1.54) is 15.6 Å². The molecule has 2 N–H and O–H groups in total. The highest BCUT2D eigenvalue weighted by Gasteiger charge is 2.27. The summed E-state index contributed by atoms with van der Waals surface area (Å²) in [6.07, 6.45) is 3.40. The molecule has 0 amide bonds. The van der Waals surface area contributed by atoms with E-state index in [2.05, 4.69) is 15.5 Å². The number of phenols is 1. The van der Waals surface area contributed by atoms with Crippen molar-refractivity contribution >= 4 is 32.7 Å². The maximum Gasteiger partial charge on any atom is 0.243 e. The van der Waals surface area contributed by atoms with Crippen LogP contribution >= 0.6 is 11.3 Å². The number of aromatic hydroxyl groups is 1. The van der Waals surface area contributed by atoms with Crippen LogP contribution in [0.5, 0.6) is 11.5 Å². The predicted octanol–water partition coefficient (Wildman–Crippen LogP) is 4.14. The van der Waals surface area contributed by atoms with Crippen LogP contribution in [-0.2, 0) is 10.0 Å². The van der Waals surface area contributed by atoms with Gasteiger partial charge in [-0.15, -0.1) is 11.3 Å².